The molecule has 0 spiro atoms. The van der Waals surface area contributed by atoms with Gasteiger partial charge >= 0.3 is 0 Å². The van der Waals surface area contributed by atoms with Crippen LogP contribution in [0.5, 0.6) is 5.75 Å². The zero-order chi connectivity index (χ0) is 23.8. The summed E-state index contributed by atoms with van der Waals surface area (Å²) in [5.41, 5.74) is 0. The van der Waals surface area contributed by atoms with Crippen LogP contribution in [0.3, 0.4) is 0 Å². The zero-order valence-electron chi connectivity index (χ0n) is 21.7. The molecule has 0 aliphatic heterocycles. The molecule has 0 amide bonds. The van der Waals surface area contributed by atoms with Crippen molar-refractivity contribution in [1.82, 2.24) is 0 Å². The molecule has 1 aromatic carbocycles. The maximum absolute atomic E-state index is 10.2. The lowest BCUT2D eigenvalue weighted by Gasteiger charge is -2.21. The second-order valence-electron chi connectivity index (χ2n) is 9.91. The van der Waals surface area contributed by atoms with E-state index in [-0.39, 0.29) is 12.5 Å². The van der Waals surface area contributed by atoms with Crippen LogP contribution >= 0.6 is 0 Å². The molecule has 0 bridgehead atoms. The highest BCUT2D eigenvalue weighted by Crippen LogP contribution is 2.22. The maximum atomic E-state index is 10.2. The summed E-state index contributed by atoms with van der Waals surface area (Å²) in [5, 5.41) is 19.6. The summed E-state index contributed by atoms with van der Waals surface area (Å²) in [7, 11) is 0. The minimum absolute atomic E-state index is 0.0838. The Labute approximate surface area is 205 Å². The second-order valence-corrected chi connectivity index (χ2v) is 9.91. The van der Waals surface area contributed by atoms with E-state index in [0.717, 1.165) is 31.6 Å². The number of ether oxygens (including phenoxy) is 1. The molecule has 0 aliphatic carbocycles. The van der Waals surface area contributed by atoms with E-state index >= 15 is 0 Å². The third-order valence-electron chi connectivity index (χ3n) is 6.89. The van der Waals surface area contributed by atoms with Crippen LogP contribution in [-0.4, -0.2) is 29.5 Å². The molecule has 0 heterocycles. The fourth-order valence-electron chi connectivity index (χ4n) is 4.67. The summed E-state index contributed by atoms with van der Waals surface area (Å²) in [4.78, 5) is 0. The first-order valence-corrected chi connectivity index (χ1v) is 14.2. The molecular weight excluding hydrogens is 408 g/mol. The van der Waals surface area contributed by atoms with E-state index < -0.39 is 6.10 Å². The largest absolute Gasteiger partial charge is 0.494 e. The Morgan fingerprint density at radius 3 is 1.58 bits per heavy atom. The van der Waals surface area contributed by atoms with Crippen molar-refractivity contribution in [3.8, 4) is 5.75 Å². The first-order valence-electron chi connectivity index (χ1n) is 14.2. The van der Waals surface area contributed by atoms with Crippen LogP contribution < -0.4 is 4.74 Å². The van der Waals surface area contributed by atoms with Gasteiger partial charge in [0.15, 0.2) is 0 Å². The van der Waals surface area contributed by atoms with Crippen LogP contribution in [-0.2, 0) is 0 Å². The molecule has 33 heavy (non-hydrogen) atoms. The van der Waals surface area contributed by atoms with Gasteiger partial charge in [0.25, 0.3) is 0 Å². The summed E-state index contributed by atoms with van der Waals surface area (Å²) in [6.07, 6.45) is 23.7. The van der Waals surface area contributed by atoms with E-state index in [2.05, 4.69) is 6.92 Å². The zero-order valence-corrected chi connectivity index (χ0v) is 21.7. The lowest BCUT2D eigenvalue weighted by molar-refractivity contribution is 0.0382. The number of rotatable bonds is 24. The molecule has 0 saturated carbocycles. The van der Waals surface area contributed by atoms with Gasteiger partial charge in [-0.05, 0) is 37.3 Å². The summed E-state index contributed by atoms with van der Waals surface area (Å²) in [5.74, 6) is 1.27. The van der Waals surface area contributed by atoms with Crippen LogP contribution in [0.15, 0.2) is 30.3 Å². The lowest BCUT2D eigenvalue weighted by Crippen LogP contribution is -2.24. The number of para-hydroxylation sites is 1. The van der Waals surface area contributed by atoms with Crippen molar-refractivity contribution in [3.63, 3.8) is 0 Å². The summed E-state index contributed by atoms with van der Waals surface area (Å²) < 4.78 is 5.74. The van der Waals surface area contributed by atoms with Crippen molar-refractivity contribution in [2.75, 3.05) is 13.2 Å². The normalized spacial score (nSPS) is 13.2. The van der Waals surface area contributed by atoms with Crippen molar-refractivity contribution in [2.45, 2.75) is 135 Å². The molecule has 0 radical (unpaired) electrons. The second kappa shape index (κ2) is 22.7. The molecule has 3 heteroatoms. The van der Waals surface area contributed by atoms with Gasteiger partial charge in [-0.15, -0.1) is 0 Å². The van der Waals surface area contributed by atoms with Crippen LogP contribution in [0.2, 0.25) is 0 Å². The topological polar surface area (TPSA) is 49.7 Å². The Kier molecular flexibility index (Phi) is 20.6. The molecule has 2 N–H and O–H groups in total. The maximum Gasteiger partial charge on any atom is 0.119 e. The Morgan fingerprint density at radius 2 is 1.09 bits per heavy atom. The summed E-state index contributed by atoms with van der Waals surface area (Å²) in [6, 6.07) is 10.1. The van der Waals surface area contributed by atoms with Crippen LogP contribution in [0.25, 0.3) is 0 Å². The van der Waals surface area contributed by atoms with E-state index in [1.165, 1.54) is 103 Å². The standard InChI is InChI=1S/C30H54O3/c1-2-3-4-5-10-13-17-22-28(30(32)27-31)23-18-14-11-8-6-7-9-12-15-21-26-33-29-24-19-16-20-25-29/h16,19-20,24-25,28,30-32H,2-15,17-18,21-23,26-27H2,1H3. The van der Waals surface area contributed by atoms with Crippen molar-refractivity contribution in [1.29, 1.82) is 0 Å². The highest BCUT2D eigenvalue weighted by molar-refractivity contribution is 5.20. The third-order valence-corrected chi connectivity index (χ3v) is 6.89. The van der Waals surface area contributed by atoms with Crippen molar-refractivity contribution in [2.24, 2.45) is 5.92 Å². The van der Waals surface area contributed by atoms with Gasteiger partial charge in [-0.25, -0.2) is 0 Å². The van der Waals surface area contributed by atoms with Crippen molar-refractivity contribution < 1.29 is 14.9 Å². The average molecular weight is 463 g/mol. The van der Waals surface area contributed by atoms with Gasteiger partial charge in [-0.2, -0.15) is 0 Å². The SMILES string of the molecule is CCCCCCCCCC(CCCCCCCCCCCCOc1ccccc1)C(O)CO. The van der Waals surface area contributed by atoms with E-state index in [4.69, 9.17) is 4.74 Å². The van der Waals surface area contributed by atoms with E-state index in [1.807, 2.05) is 30.3 Å². The quantitative estimate of drug-likeness (QED) is 0.151. The van der Waals surface area contributed by atoms with Gasteiger partial charge in [-0.1, -0.05) is 128 Å². The average Bonchev–Trinajstić information content (AvgIpc) is 2.85. The van der Waals surface area contributed by atoms with Gasteiger partial charge in [0.2, 0.25) is 0 Å². The molecule has 0 saturated heterocycles. The highest BCUT2D eigenvalue weighted by atomic mass is 16.5. The third kappa shape index (κ3) is 18.0. The molecule has 1 rings (SSSR count). The van der Waals surface area contributed by atoms with Gasteiger partial charge in [0, 0.05) is 0 Å². The fraction of sp³-hybridized carbons (Fsp3) is 0.800. The highest BCUT2D eigenvalue weighted by Gasteiger charge is 2.17. The van der Waals surface area contributed by atoms with Crippen LogP contribution in [0.4, 0.5) is 0 Å². The van der Waals surface area contributed by atoms with Gasteiger partial charge in [-0.3, -0.25) is 0 Å². The number of hydrogen-bond donors (Lipinski definition) is 2. The Morgan fingerprint density at radius 1 is 0.636 bits per heavy atom. The smallest absolute Gasteiger partial charge is 0.119 e. The van der Waals surface area contributed by atoms with Crippen molar-refractivity contribution in [3.05, 3.63) is 30.3 Å². The predicted octanol–water partition coefficient (Wildman–Crippen LogP) is 8.47. The minimum atomic E-state index is -0.525. The molecule has 0 aromatic heterocycles. The minimum Gasteiger partial charge on any atom is -0.494 e. The molecule has 192 valence electrons. The summed E-state index contributed by atoms with van der Waals surface area (Å²) in [6.45, 7) is 3.00. The first-order chi connectivity index (χ1) is 16.3. The number of aliphatic hydroxyl groups is 2. The molecule has 1 aromatic rings. The fourth-order valence-corrected chi connectivity index (χ4v) is 4.67. The number of benzene rings is 1. The van der Waals surface area contributed by atoms with E-state index in [1.54, 1.807) is 0 Å². The Bertz CT molecular complexity index is 505. The van der Waals surface area contributed by atoms with Crippen LogP contribution in [0.1, 0.15) is 129 Å². The number of unbranched alkanes of at least 4 members (excludes halogenated alkanes) is 15. The van der Waals surface area contributed by atoms with Gasteiger partial charge in [0.05, 0.1) is 19.3 Å². The molecule has 2 unspecified atom stereocenters. The Balaban J connectivity index is 1.89. The molecule has 3 nitrogen and oxygen atoms in total. The van der Waals surface area contributed by atoms with E-state index in [0.29, 0.717) is 0 Å². The van der Waals surface area contributed by atoms with E-state index in [9.17, 15) is 10.2 Å². The molecule has 0 aliphatic rings. The van der Waals surface area contributed by atoms with Gasteiger partial charge < -0.3 is 14.9 Å². The monoisotopic (exact) mass is 462 g/mol. The first kappa shape index (κ1) is 30.0. The summed E-state index contributed by atoms with van der Waals surface area (Å²) >= 11 is 0. The molecule has 0 fully saturated rings. The molecule has 2 atom stereocenters. The van der Waals surface area contributed by atoms with Crippen LogP contribution in [0, 0.1) is 5.92 Å². The molecular formula is C30H54O3. The number of hydrogen-bond acceptors (Lipinski definition) is 3. The predicted molar refractivity (Wildman–Crippen MR) is 142 cm³/mol. The van der Waals surface area contributed by atoms with Crippen molar-refractivity contribution >= 4 is 0 Å². The Hall–Kier alpha value is -1.06. The number of aliphatic hydroxyl groups excluding tert-OH is 2. The lowest BCUT2D eigenvalue weighted by atomic mass is 9.90. The van der Waals surface area contributed by atoms with Gasteiger partial charge in [0.1, 0.15) is 5.75 Å².